The minimum atomic E-state index is -1.58. The highest BCUT2D eigenvalue weighted by molar-refractivity contribution is 6.25. The molecule has 0 saturated carbocycles. The third-order valence-electron chi connectivity index (χ3n) is 3.47. The van der Waals surface area contributed by atoms with Gasteiger partial charge in [-0.25, -0.2) is 0 Å². The molecular weight excluding hydrogens is 306 g/mol. The second kappa shape index (κ2) is 6.42. The fourth-order valence-electron chi connectivity index (χ4n) is 2.37. The van der Waals surface area contributed by atoms with Gasteiger partial charge in [0, 0.05) is 5.69 Å². The van der Waals surface area contributed by atoms with Crippen LogP contribution in [0.25, 0.3) is 6.08 Å². The second-order valence-electron chi connectivity index (χ2n) is 5.34. The Balaban J connectivity index is 1.93. The molecule has 2 aromatic rings. The van der Waals surface area contributed by atoms with E-state index in [0.717, 1.165) is 11.1 Å². The van der Waals surface area contributed by atoms with Crippen molar-refractivity contribution < 1.29 is 19.4 Å². The molecule has 0 radical (unpaired) electrons. The average Bonchev–Trinajstić information content (AvgIpc) is 2.84. The smallest absolute Gasteiger partial charge is 0.235 e. The Morgan fingerprint density at radius 1 is 1.12 bits per heavy atom. The first-order valence-corrected chi connectivity index (χ1v) is 7.33. The van der Waals surface area contributed by atoms with Crippen LogP contribution in [-0.4, -0.2) is 11.8 Å². The van der Waals surface area contributed by atoms with E-state index in [1.165, 1.54) is 6.08 Å². The second-order valence-corrected chi connectivity index (χ2v) is 5.34. The molecule has 3 rings (SSSR count). The van der Waals surface area contributed by atoms with Crippen LogP contribution in [-0.2, 0) is 14.3 Å². The maximum absolute atomic E-state index is 12.3. The summed E-state index contributed by atoms with van der Waals surface area (Å²) in [6.45, 7) is 1.92. The maximum atomic E-state index is 12.3. The zero-order valence-corrected chi connectivity index (χ0v) is 12.9. The van der Waals surface area contributed by atoms with Gasteiger partial charge in [-0.3, -0.25) is 4.79 Å². The van der Waals surface area contributed by atoms with Crippen molar-refractivity contribution in [2.24, 2.45) is 0 Å². The van der Waals surface area contributed by atoms with Crippen LogP contribution in [0.15, 0.2) is 71.8 Å². The molecule has 0 spiro atoms. The molecule has 0 fully saturated rings. The zero-order valence-electron chi connectivity index (χ0n) is 12.9. The number of carboxylic acid groups (broad SMARTS) is 1. The number of nitrogens with one attached hydrogen (secondary N) is 1. The van der Waals surface area contributed by atoms with Crippen molar-refractivity contribution in [1.29, 1.82) is 0 Å². The number of carboxylic acids is 1. The standard InChI is InChI=1S/C19H15NO4/c1-12-6-5-7-13(10-12)11-15-17(21)16(19(22)23)18(24-15)20-14-8-3-2-4-9-14/h2-11,20H,1H3,(H,22,23)/p-1/b15-11-. The zero-order chi connectivity index (χ0) is 17.1. The number of carbonyl (C=O) groups excluding carboxylic acids is 2. The van der Waals surface area contributed by atoms with Gasteiger partial charge in [0.25, 0.3) is 0 Å². The highest BCUT2D eigenvalue weighted by Crippen LogP contribution is 2.27. The molecule has 1 aliphatic rings. The van der Waals surface area contributed by atoms with Crippen LogP contribution in [0.1, 0.15) is 11.1 Å². The first-order valence-electron chi connectivity index (χ1n) is 7.33. The van der Waals surface area contributed by atoms with Crippen LogP contribution in [0.2, 0.25) is 0 Å². The number of ketones is 1. The largest absolute Gasteiger partial charge is 0.544 e. The Kier molecular flexibility index (Phi) is 4.16. The fourth-order valence-corrected chi connectivity index (χ4v) is 2.37. The van der Waals surface area contributed by atoms with Gasteiger partial charge in [-0.1, -0.05) is 48.0 Å². The summed E-state index contributed by atoms with van der Waals surface area (Å²) < 4.78 is 5.45. The molecule has 1 aliphatic heterocycles. The van der Waals surface area contributed by atoms with Gasteiger partial charge < -0.3 is 20.0 Å². The summed E-state index contributed by atoms with van der Waals surface area (Å²) in [5.41, 5.74) is 1.86. The quantitative estimate of drug-likeness (QED) is 0.689. The Bertz CT molecular complexity index is 866. The third kappa shape index (κ3) is 3.20. The summed E-state index contributed by atoms with van der Waals surface area (Å²) >= 11 is 0. The lowest BCUT2D eigenvalue weighted by molar-refractivity contribution is -0.298. The number of Topliss-reactive ketones (excluding diaryl/α,β-unsaturated/α-hetero) is 1. The summed E-state index contributed by atoms with van der Waals surface area (Å²) in [6, 6.07) is 16.3. The molecule has 0 saturated heterocycles. The van der Waals surface area contributed by atoms with Crippen LogP contribution in [0.5, 0.6) is 0 Å². The fraction of sp³-hybridized carbons (Fsp3) is 0.0526. The molecule has 1 N–H and O–H groups in total. The van der Waals surface area contributed by atoms with Crippen molar-refractivity contribution >= 4 is 23.5 Å². The molecule has 0 aromatic heterocycles. The molecule has 0 unspecified atom stereocenters. The van der Waals surface area contributed by atoms with Crippen LogP contribution < -0.4 is 10.4 Å². The normalized spacial score (nSPS) is 15.5. The molecule has 0 bridgehead atoms. The van der Waals surface area contributed by atoms with Crippen molar-refractivity contribution in [1.82, 2.24) is 0 Å². The molecule has 0 aliphatic carbocycles. The van der Waals surface area contributed by atoms with Gasteiger partial charge in [0.15, 0.2) is 5.76 Å². The molecule has 0 amide bonds. The van der Waals surface area contributed by atoms with Gasteiger partial charge in [0.05, 0.1) is 5.97 Å². The van der Waals surface area contributed by atoms with E-state index in [1.54, 1.807) is 30.3 Å². The van der Waals surface area contributed by atoms with Crippen molar-refractivity contribution in [3.8, 4) is 0 Å². The maximum Gasteiger partial charge on any atom is 0.235 e. The minimum absolute atomic E-state index is 0.0572. The van der Waals surface area contributed by atoms with E-state index in [2.05, 4.69) is 5.32 Å². The lowest BCUT2D eigenvalue weighted by Crippen LogP contribution is -2.28. The Morgan fingerprint density at radius 2 is 1.88 bits per heavy atom. The monoisotopic (exact) mass is 320 g/mol. The topological polar surface area (TPSA) is 78.5 Å². The highest BCUT2D eigenvalue weighted by atomic mass is 16.5. The number of allylic oxidation sites excluding steroid dienone is 1. The number of rotatable bonds is 4. The van der Waals surface area contributed by atoms with Crippen LogP contribution >= 0.6 is 0 Å². The number of hydrogen-bond acceptors (Lipinski definition) is 5. The number of carbonyl (C=O) groups is 2. The van der Waals surface area contributed by atoms with Gasteiger partial charge in [-0.2, -0.15) is 0 Å². The Hall–Kier alpha value is -3.34. The predicted octanol–water partition coefficient (Wildman–Crippen LogP) is 2.01. The van der Waals surface area contributed by atoms with E-state index in [4.69, 9.17) is 4.74 Å². The molecule has 5 nitrogen and oxygen atoms in total. The molecule has 1 heterocycles. The van der Waals surface area contributed by atoms with E-state index < -0.39 is 17.3 Å². The first-order chi connectivity index (χ1) is 11.5. The van der Waals surface area contributed by atoms with Crippen molar-refractivity contribution in [2.75, 3.05) is 5.32 Å². The lowest BCUT2D eigenvalue weighted by atomic mass is 10.1. The summed E-state index contributed by atoms with van der Waals surface area (Å²) in [4.78, 5) is 23.7. The van der Waals surface area contributed by atoms with Crippen LogP contribution in [0.4, 0.5) is 5.69 Å². The van der Waals surface area contributed by atoms with E-state index in [0.29, 0.717) is 5.69 Å². The molecule has 5 heteroatoms. The first kappa shape index (κ1) is 15.6. The van der Waals surface area contributed by atoms with Gasteiger partial charge in [0.2, 0.25) is 11.7 Å². The number of ether oxygens (including phenoxy) is 1. The van der Waals surface area contributed by atoms with Gasteiger partial charge in [0.1, 0.15) is 5.57 Å². The summed E-state index contributed by atoms with van der Waals surface area (Å²) in [6.07, 6.45) is 1.51. The Labute approximate surface area is 138 Å². The van der Waals surface area contributed by atoms with Crippen molar-refractivity contribution in [3.63, 3.8) is 0 Å². The number of para-hydroxylation sites is 1. The van der Waals surface area contributed by atoms with E-state index >= 15 is 0 Å². The predicted molar refractivity (Wildman–Crippen MR) is 87.3 cm³/mol. The molecule has 120 valence electrons. The van der Waals surface area contributed by atoms with E-state index in [-0.39, 0.29) is 11.6 Å². The molecular formula is C19H14NO4-. The van der Waals surface area contributed by atoms with Crippen molar-refractivity contribution in [3.05, 3.63) is 82.9 Å². The number of aryl methyl sites for hydroxylation is 1. The number of benzene rings is 2. The summed E-state index contributed by atoms with van der Waals surface area (Å²) in [5.74, 6) is -2.48. The van der Waals surface area contributed by atoms with Gasteiger partial charge in [-0.05, 0) is 30.7 Å². The summed E-state index contributed by atoms with van der Waals surface area (Å²) in [7, 11) is 0. The number of hydrogen-bond donors (Lipinski definition) is 1. The van der Waals surface area contributed by atoms with E-state index in [1.807, 2.05) is 31.2 Å². The number of aliphatic carboxylic acids is 1. The van der Waals surface area contributed by atoms with Gasteiger partial charge >= 0.3 is 0 Å². The van der Waals surface area contributed by atoms with Gasteiger partial charge in [-0.15, -0.1) is 0 Å². The summed E-state index contributed by atoms with van der Waals surface area (Å²) in [5, 5.41) is 14.1. The van der Waals surface area contributed by atoms with Crippen molar-refractivity contribution in [2.45, 2.75) is 6.92 Å². The average molecular weight is 320 g/mol. The third-order valence-corrected chi connectivity index (χ3v) is 3.47. The SMILES string of the molecule is Cc1cccc(/C=C2\OC(Nc3ccccc3)=C(C(=O)[O-])C2=O)c1. The lowest BCUT2D eigenvalue weighted by Gasteiger charge is -2.09. The highest BCUT2D eigenvalue weighted by Gasteiger charge is 2.31. The van der Waals surface area contributed by atoms with Crippen LogP contribution in [0.3, 0.4) is 0 Å². The van der Waals surface area contributed by atoms with E-state index in [9.17, 15) is 14.7 Å². The minimum Gasteiger partial charge on any atom is -0.544 e. The van der Waals surface area contributed by atoms with Crippen LogP contribution in [0, 0.1) is 6.92 Å². The molecule has 24 heavy (non-hydrogen) atoms. The number of anilines is 1. The molecule has 0 atom stereocenters. The Morgan fingerprint density at radius 3 is 2.54 bits per heavy atom. The molecule has 2 aromatic carbocycles.